The first-order chi connectivity index (χ1) is 14.9. The van der Waals surface area contributed by atoms with E-state index in [1.165, 1.54) is 10.4 Å². The molecular weight excluding hydrogens is 415 g/mol. The first kappa shape index (κ1) is 22.0. The van der Waals surface area contributed by atoms with Crippen LogP contribution in [-0.2, 0) is 27.7 Å². The molecule has 1 amide bonds. The number of amides is 1. The largest absolute Gasteiger partial charge is 0.339 e. The molecule has 0 bridgehead atoms. The Morgan fingerprint density at radius 2 is 1.71 bits per heavy atom. The Kier molecular flexibility index (Phi) is 6.72. The molecule has 2 saturated heterocycles. The molecule has 0 aliphatic carbocycles. The number of benzene rings is 2. The molecule has 0 spiro atoms. The molecule has 0 radical (unpaired) electrons. The van der Waals surface area contributed by atoms with Crippen molar-refractivity contribution >= 4 is 15.9 Å². The van der Waals surface area contributed by atoms with E-state index in [1.807, 2.05) is 23.1 Å². The molecule has 2 aliphatic rings. The lowest BCUT2D eigenvalue weighted by Gasteiger charge is -2.25. The van der Waals surface area contributed by atoms with E-state index in [4.69, 9.17) is 0 Å². The van der Waals surface area contributed by atoms with Crippen molar-refractivity contribution in [1.29, 1.82) is 0 Å². The normalized spacial score (nSPS) is 19.8. The molecule has 1 unspecified atom stereocenters. The average molecular weight is 445 g/mol. The molecule has 5 nitrogen and oxygen atoms in total. The summed E-state index contributed by atoms with van der Waals surface area (Å²) in [5.41, 5.74) is 1.87. The summed E-state index contributed by atoms with van der Waals surface area (Å²) in [7, 11) is -3.41. The monoisotopic (exact) mass is 444 g/mol. The summed E-state index contributed by atoms with van der Waals surface area (Å²) >= 11 is 0. The number of hydrogen-bond acceptors (Lipinski definition) is 3. The molecular formula is C24H29FN2O3S. The molecule has 1 atom stereocenters. The average Bonchev–Trinajstić information content (AvgIpc) is 3.45. The molecule has 7 heteroatoms. The molecule has 4 rings (SSSR count). The van der Waals surface area contributed by atoms with Gasteiger partial charge in [0.15, 0.2) is 0 Å². The standard InChI is InChI=1S/C24H29FN2O3S/c25-21-6-3-5-20(17-21)18-22-7-4-16-27(22)24(28)13-10-19-8-11-23(12-9-19)31(29,30)26-14-1-2-15-26/h3,5-6,8-9,11-12,17,22H,1-2,4,7,10,13-16,18H2. The van der Waals surface area contributed by atoms with E-state index in [0.717, 1.165) is 43.4 Å². The zero-order valence-electron chi connectivity index (χ0n) is 17.7. The Morgan fingerprint density at radius 3 is 2.42 bits per heavy atom. The number of nitrogens with zero attached hydrogens (tertiary/aromatic N) is 2. The number of carbonyl (C=O) groups is 1. The van der Waals surface area contributed by atoms with Crippen molar-refractivity contribution in [3.05, 3.63) is 65.5 Å². The molecule has 2 heterocycles. The van der Waals surface area contributed by atoms with E-state index in [1.54, 1.807) is 24.3 Å². The molecule has 31 heavy (non-hydrogen) atoms. The van der Waals surface area contributed by atoms with Crippen molar-refractivity contribution in [1.82, 2.24) is 9.21 Å². The van der Waals surface area contributed by atoms with Gasteiger partial charge in [-0.15, -0.1) is 0 Å². The highest BCUT2D eigenvalue weighted by Gasteiger charge is 2.29. The van der Waals surface area contributed by atoms with E-state index >= 15 is 0 Å². The van der Waals surface area contributed by atoms with Crippen LogP contribution in [0.25, 0.3) is 0 Å². The van der Waals surface area contributed by atoms with Crippen molar-refractivity contribution in [3.8, 4) is 0 Å². The Balaban J connectivity index is 1.33. The van der Waals surface area contributed by atoms with Crippen LogP contribution in [0.4, 0.5) is 4.39 Å². The first-order valence-corrected chi connectivity index (χ1v) is 12.5. The number of hydrogen-bond donors (Lipinski definition) is 0. The van der Waals surface area contributed by atoms with E-state index < -0.39 is 10.0 Å². The van der Waals surface area contributed by atoms with Gasteiger partial charge in [0.2, 0.25) is 15.9 Å². The minimum absolute atomic E-state index is 0.104. The van der Waals surface area contributed by atoms with Crippen molar-refractivity contribution in [2.75, 3.05) is 19.6 Å². The summed E-state index contributed by atoms with van der Waals surface area (Å²) in [6, 6.07) is 13.6. The van der Waals surface area contributed by atoms with Gasteiger partial charge in [-0.1, -0.05) is 24.3 Å². The Labute approximate surface area is 183 Å². The predicted octanol–water partition coefficient (Wildman–Crippen LogP) is 3.78. The lowest BCUT2D eigenvalue weighted by Crippen LogP contribution is -2.36. The zero-order valence-corrected chi connectivity index (χ0v) is 18.5. The fourth-order valence-corrected chi connectivity index (χ4v) is 6.13. The van der Waals surface area contributed by atoms with Crippen LogP contribution in [0, 0.1) is 5.82 Å². The fourth-order valence-electron chi connectivity index (χ4n) is 4.61. The Morgan fingerprint density at radius 1 is 0.968 bits per heavy atom. The van der Waals surface area contributed by atoms with Crippen molar-refractivity contribution in [2.24, 2.45) is 0 Å². The molecule has 2 fully saturated rings. The number of halogens is 1. The van der Waals surface area contributed by atoms with E-state index in [9.17, 15) is 17.6 Å². The van der Waals surface area contributed by atoms with Gasteiger partial charge in [0.25, 0.3) is 0 Å². The van der Waals surface area contributed by atoms with Gasteiger partial charge >= 0.3 is 0 Å². The topological polar surface area (TPSA) is 57.7 Å². The summed E-state index contributed by atoms with van der Waals surface area (Å²) in [5, 5.41) is 0. The van der Waals surface area contributed by atoms with Gasteiger partial charge in [0, 0.05) is 32.1 Å². The van der Waals surface area contributed by atoms with Gasteiger partial charge in [-0.3, -0.25) is 4.79 Å². The predicted molar refractivity (Wildman–Crippen MR) is 118 cm³/mol. The highest BCUT2D eigenvalue weighted by atomic mass is 32.2. The van der Waals surface area contributed by atoms with Gasteiger partial charge < -0.3 is 4.90 Å². The number of aryl methyl sites for hydroxylation is 1. The van der Waals surface area contributed by atoms with Gasteiger partial charge in [0.1, 0.15) is 5.82 Å². The molecule has 2 aromatic rings. The van der Waals surface area contributed by atoms with Crippen LogP contribution in [0.3, 0.4) is 0 Å². The Bertz CT molecular complexity index is 1020. The third-order valence-electron chi connectivity index (χ3n) is 6.31. The van der Waals surface area contributed by atoms with E-state index in [2.05, 4.69) is 0 Å². The highest BCUT2D eigenvalue weighted by Crippen LogP contribution is 2.24. The molecule has 0 aromatic heterocycles. The first-order valence-electron chi connectivity index (χ1n) is 11.1. The van der Waals surface area contributed by atoms with Crippen LogP contribution in [0.1, 0.15) is 43.2 Å². The lowest BCUT2D eigenvalue weighted by molar-refractivity contribution is -0.131. The molecule has 0 saturated carbocycles. The summed E-state index contributed by atoms with van der Waals surface area (Å²) in [6.45, 7) is 1.92. The maximum atomic E-state index is 13.5. The van der Waals surface area contributed by atoms with Crippen molar-refractivity contribution in [2.45, 2.75) is 55.9 Å². The fraction of sp³-hybridized carbons (Fsp3) is 0.458. The van der Waals surface area contributed by atoms with Crippen LogP contribution in [-0.4, -0.2) is 49.2 Å². The third kappa shape index (κ3) is 5.15. The summed E-state index contributed by atoms with van der Waals surface area (Å²) in [4.78, 5) is 15.1. The van der Waals surface area contributed by atoms with Gasteiger partial charge in [-0.2, -0.15) is 4.31 Å². The number of carbonyl (C=O) groups excluding carboxylic acids is 1. The third-order valence-corrected chi connectivity index (χ3v) is 8.22. The molecule has 2 aromatic carbocycles. The quantitative estimate of drug-likeness (QED) is 0.653. The number of sulfonamides is 1. The van der Waals surface area contributed by atoms with Crippen LogP contribution in [0.2, 0.25) is 0 Å². The van der Waals surface area contributed by atoms with Gasteiger partial charge in [0.05, 0.1) is 4.90 Å². The lowest BCUT2D eigenvalue weighted by atomic mass is 10.0. The molecule has 0 N–H and O–H groups in total. The van der Waals surface area contributed by atoms with Crippen LogP contribution in [0.15, 0.2) is 53.4 Å². The second-order valence-corrected chi connectivity index (χ2v) is 10.4. The van der Waals surface area contributed by atoms with Gasteiger partial charge in [-0.05, 0) is 73.9 Å². The number of likely N-dealkylation sites (tertiary alicyclic amines) is 1. The molecule has 166 valence electrons. The van der Waals surface area contributed by atoms with Crippen molar-refractivity contribution < 1.29 is 17.6 Å². The Hall–Kier alpha value is -2.25. The maximum absolute atomic E-state index is 13.5. The molecule has 2 aliphatic heterocycles. The minimum atomic E-state index is -3.41. The van der Waals surface area contributed by atoms with Crippen LogP contribution >= 0.6 is 0 Å². The van der Waals surface area contributed by atoms with Gasteiger partial charge in [-0.25, -0.2) is 12.8 Å². The summed E-state index contributed by atoms with van der Waals surface area (Å²) in [5.74, 6) is -0.142. The zero-order chi connectivity index (χ0) is 21.8. The van der Waals surface area contributed by atoms with Crippen molar-refractivity contribution in [3.63, 3.8) is 0 Å². The minimum Gasteiger partial charge on any atom is -0.339 e. The summed E-state index contributed by atoms with van der Waals surface area (Å²) < 4.78 is 40.3. The van der Waals surface area contributed by atoms with Crippen LogP contribution < -0.4 is 0 Å². The SMILES string of the molecule is O=C(CCc1ccc(S(=O)(=O)N2CCCC2)cc1)N1CCCC1Cc1cccc(F)c1. The second kappa shape index (κ2) is 9.49. The van der Waals surface area contributed by atoms with E-state index in [-0.39, 0.29) is 17.8 Å². The van der Waals surface area contributed by atoms with E-state index in [0.29, 0.717) is 37.2 Å². The number of rotatable bonds is 7. The van der Waals surface area contributed by atoms with Crippen LogP contribution in [0.5, 0.6) is 0 Å². The maximum Gasteiger partial charge on any atom is 0.243 e. The smallest absolute Gasteiger partial charge is 0.243 e. The highest BCUT2D eigenvalue weighted by molar-refractivity contribution is 7.89. The second-order valence-electron chi connectivity index (χ2n) is 8.47. The summed E-state index contributed by atoms with van der Waals surface area (Å²) in [6.07, 6.45) is 5.36.